The molecule has 0 amide bonds. The molecular formula is C24H29NO. The van der Waals surface area contributed by atoms with E-state index in [4.69, 9.17) is 10.1 Å². The Morgan fingerprint density at radius 3 is 2.50 bits per heavy atom. The van der Waals surface area contributed by atoms with Gasteiger partial charge in [-0.25, -0.2) is 0 Å². The molecule has 0 heterocycles. The maximum Gasteiger partial charge on any atom is 0.0727 e. The first-order chi connectivity index (χ1) is 12.6. The second kappa shape index (κ2) is 9.88. The van der Waals surface area contributed by atoms with Crippen LogP contribution in [0.3, 0.4) is 0 Å². The third kappa shape index (κ3) is 5.27. The molecule has 2 rings (SSSR count). The van der Waals surface area contributed by atoms with Gasteiger partial charge >= 0.3 is 0 Å². The Morgan fingerprint density at radius 1 is 1.08 bits per heavy atom. The van der Waals surface area contributed by atoms with Crippen LogP contribution in [0.5, 0.6) is 0 Å². The van der Waals surface area contributed by atoms with Crippen LogP contribution in [-0.2, 0) is 11.3 Å². The molecule has 0 atom stereocenters. The highest BCUT2D eigenvalue weighted by atomic mass is 16.5. The molecule has 26 heavy (non-hydrogen) atoms. The largest absolute Gasteiger partial charge is 0.372 e. The van der Waals surface area contributed by atoms with Crippen molar-refractivity contribution in [3.05, 3.63) is 83.0 Å². The summed E-state index contributed by atoms with van der Waals surface area (Å²) >= 11 is 0. The van der Waals surface area contributed by atoms with Crippen molar-refractivity contribution in [1.29, 1.82) is 5.41 Å². The van der Waals surface area contributed by atoms with Crippen LogP contribution in [0.4, 0.5) is 0 Å². The molecule has 0 aliphatic carbocycles. The van der Waals surface area contributed by atoms with Crippen molar-refractivity contribution in [2.24, 2.45) is 5.92 Å². The molecule has 0 bridgehead atoms. The maximum atomic E-state index is 7.56. The number of rotatable bonds is 8. The lowest BCUT2D eigenvalue weighted by Gasteiger charge is -2.10. The molecule has 0 fully saturated rings. The smallest absolute Gasteiger partial charge is 0.0727 e. The Kier molecular flexibility index (Phi) is 7.55. The molecule has 0 aromatic heterocycles. The van der Waals surface area contributed by atoms with Gasteiger partial charge in [0, 0.05) is 6.21 Å². The van der Waals surface area contributed by atoms with Gasteiger partial charge in [0.25, 0.3) is 0 Å². The third-order valence-electron chi connectivity index (χ3n) is 4.37. The van der Waals surface area contributed by atoms with Crippen molar-refractivity contribution in [3.8, 4) is 0 Å². The summed E-state index contributed by atoms with van der Waals surface area (Å²) in [6, 6.07) is 12.2. The van der Waals surface area contributed by atoms with E-state index in [1.807, 2.05) is 25.1 Å². The van der Waals surface area contributed by atoms with Crippen LogP contribution in [0.1, 0.15) is 38.8 Å². The number of ether oxygens (including phenoxy) is 1. The third-order valence-corrected chi connectivity index (χ3v) is 4.37. The molecule has 0 aliphatic heterocycles. The molecule has 2 aromatic carbocycles. The summed E-state index contributed by atoms with van der Waals surface area (Å²) in [6.45, 7) is 9.73. The molecule has 0 aliphatic rings. The molecule has 0 spiro atoms. The monoisotopic (exact) mass is 347 g/mol. The Morgan fingerprint density at radius 2 is 1.81 bits per heavy atom. The Bertz CT molecular complexity index is 840. The molecule has 1 N–H and O–H groups in total. The van der Waals surface area contributed by atoms with Crippen LogP contribution in [0.25, 0.3) is 10.8 Å². The van der Waals surface area contributed by atoms with Crippen LogP contribution in [0.2, 0.25) is 0 Å². The quantitative estimate of drug-likeness (QED) is 0.431. The van der Waals surface area contributed by atoms with E-state index in [9.17, 15) is 0 Å². The fourth-order valence-electron chi connectivity index (χ4n) is 2.89. The summed E-state index contributed by atoms with van der Waals surface area (Å²) in [5, 5.41) is 9.82. The van der Waals surface area contributed by atoms with Crippen molar-refractivity contribution >= 4 is 17.0 Å². The molecule has 0 unspecified atom stereocenters. The number of allylic oxidation sites excluding steroid dienone is 5. The summed E-state index contributed by atoms with van der Waals surface area (Å²) in [6.07, 6.45) is 9.97. The zero-order chi connectivity index (χ0) is 18.9. The van der Waals surface area contributed by atoms with E-state index in [-0.39, 0.29) is 0 Å². The van der Waals surface area contributed by atoms with Crippen molar-refractivity contribution in [2.75, 3.05) is 6.61 Å². The molecule has 0 radical (unpaired) electrons. The van der Waals surface area contributed by atoms with Crippen molar-refractivity contribution in [2.45, 2.75) is 34.3 Å². The number of nitrogens with one attached hydrogen (secondary N) is 1. The summed E-state index contributed by atoms with van der Waals surface area (Å²) in [4.78, 5) is 0. The Balaban J connectivity index is 2.06. The highest BCUT2D eigenvalue weighted by molar-refractivity contribution is 6.00. The summed E-state index contributed by atoms with van der Waals surface area (Å²) in [5.41, 5.74) is 4.62. The van der Waals surface area contributed by atoms with Gasteiger partial charge < -0.3 is 10.1 Å². The Labute approximate surface area is 157 Å². The maximum absolute atomic E-state index is 7.56. The Hall–Kier alpha value is -2.45. The molecule has 2 nitrogen and oxygen atoms in total. The molecule has 136 valence electrons. The predicted molar refractivity (Wildman–Crippen MR) is 113 cm³/mol. The molecular weight excluding hydrogens is 318 g/mol. The van der Waals surface area contributed by atoms with E-state index >= 15 is 0 Å². The van der Waals surface area contributed by atoms with Gasteiger partial charge in [-0.3, -0.25) is 0 Å². The van der Waals surface area contributed by atoms with E-state index < -0.39 is 0 Å². The summed E-state index contributed by atoms with van der Waals surface area (Å²) < 4.78 is 5.94. The fraction of sp³-hybridized carbons (Fsp3) is 0.292. The molecule has 0 saturated heterocycles. The first-order valence-corrected chi connectivity index (χ1v) is 9.15. The minimum absolute atomic E-state index is 0.509. The zero-order valence-electron chi connectivity index (χ0n) is 16.3. The normalized spacial score (nSPS) is 13.1. The van der Waals surface area contributed by atoms with Gasteiger partial charge in [0.2, 0.25) is 0 Å². The van der Waals surface area contributed by atoms with Crippen LogP contribution in [0.15, 0.2) is 71.8 Å². The van der Waals surface area contributed by atoms with E-state index in [0.29, 0.717) is 19.1 Å². The second-order valence-corrected chi connectivity index (χ2v) is 6.83. The van der Waals surface area contributed by atoms with Crippen LogP contribution in [0, 0.1) is 11.3 Å². The van der Waals surface area contributed by atoms with E-state index in [2.05, 4.69) is 63.3 Å². The van der Waals surface area contributed by atoms with E-state index in [0.717, 1.165) is 21.9 Å². The second-order valence-electron chi connectivity index (χ2n) is 6.83. The average molecular weight is 348 g/mol. The summed E-state index contributed by atoms with van der Waals surface area (Å²) in [7, 11) is 0. The molecule has 2 heteroatoms. The van der Waals surface area contributed by atoms with Gasteiger partial charge in [-0.2, -0.15) is 0 Å². The van der Waals surface area contributed by atoms with Crippen LogP contribution in [-0.4, -0.2) is 12.8 Å². The molecule has 0 saturated carbocycles. The van der Waals surface area contributed by atoms with Crippen molar-refractivity contribution in [3.63, 3.8) is 0 Å². The van der Waals surface area contributed by atoms with Crippen molar-refractivity contribution < 1.29 is 4.74 Å². The zero-order valence-corrected chi connectivity index (χ0v) is 16.3. The highest BCUT2D eigenvalue weighted by Gasteiger charge is 2.04. The first kappa shape index (κ1) is 19.9. The van der Waals surface area contributed by atoms with Crippen LogP contribution < -0.4 is 0 Å². The lowest BCUT2D eigenvalue weighted by molar-refractivity contribution is 0.143. The first-order valence-electron chi connectivity index (χ1n) is 9.15. The SMILES string of the molecule is C\C=C/C(=C\C=C(/C)COCc1cccc2c(C=N)cccc12)C(C)C. The topological polar surface area (TPSA) is 33.1 Å². The lowest BCUT2D eigenvalue weighted by atomic mass is 10.0. The van der Waals surface area contributed by atoms with Gasteiger partial charge in [-0.15, -0.1) is 0 Å². The van der Waals surface area contributed by atoms with Gasteiger partial charge in [0.05, 0.1) is 13.2 Å². The summed E-state index contributed by atoms with van der Waals surface area (Å²) in [5.74, 6) is 0.509. The number of benzene rings is 2. The number of fused-ring (bicyclic) bond motifs is 1. The van der Waals surface area contributed by atoms with E-state index in [1.165, 1.54) is 17.4 Å². The fourth-order valence-corrected chi connectivity index (χ4v) is 2.89. The van der Waals surface area contributed by atoms with E-state index in [1.54, 1.807) is 0 Å². The number of hydrogen-bond acceptors (Lipinski definition) is 2. The highest BCUT2D eigenvalue weighted by Crippen LogP contribution is 2.22. The van der Waals surface area contributed by atoms with Gasteiger partial charge in [-0.1, -0.05) is 74.5 Å². The minimum Gasteiger partial charge on any atom is -0.372 e. The average Bonchev–Trinajstić information content (AvgIpc) is 2.64. The molecule has 2 aromatic rings. The standard InChI is InChI=1S/C24H29NO/c1-5-8-20(18(2)3)14-13-19(4)16-26-17-22-10-7-11-23-21(15-25)9-6-12-24(22)23/h5-15,18,25H,16-17H2,1-4H3/b8-5-,19-13+,20-14+,25-15?. The number of hydrogen-bond donors (Lipinski definition) is 1. The van der Waals surface area contributed by atoms with Gasteiger partial charge in [0.15, 0.2) is 0 Å². The van der Waals surface area contributed by atoms with Crippen LogP contribution >= 0.6 is 0 Å². The van der Waals surface area contributed by atoms with Crippen molar-refractivity contribution in [1.82, 2.24) is 0 Å². The predicted octanol–water partition coefficient (Wildman–Crippen LogP) is 6.46. The van der Waals surface area contributed by atoms with Gasteiger partial charge in [-0.05, 0) is 52.8 Å². The van der Waals surface area contributed by atoms with Gasteiger partial charge in [0.1, 0.15) is 0 Å². The minimum atomic E-state index is 0.509. The lowest BCUT2D eigenvalue weighted by Crippen LogP contribution is -1.98.